The van der Waals surface area contributed by atoms with E-state index < -0.39 is 0 Å². The van der Waals surface area contributed by atoms with Crippen molar-refractivity contribution in [3.05, 3.63) is 170 Å². The SMILES string of the molecule is c1ccc(-c2ccc(-c3c4ccccc4c(-c4cc5cccc6oc7c8c(cc4c7c56)oc4ccccc48)c4ccccc34)c3ccccc23)cc1. The van der Waals surface area contributed by atoms with Crippen LogP contribution < -0.4 is 0 Å². The van der Waals surface area contributed by atoms with Gasteiger partial charge in [-0.1, -0.05) is 146 Å². The number of para-hydroxylation sites is 1. The molecular formula is C50H28O2. The average molecular weight is 661 g/mol. The fourth-order valence-electron chi connectivity index (χ4n) is 9.08. The predicted octanol–water partition coefficient (Wildman–Crippen LogP) is 14.5. The van der Waals surface area contributed by atoms with Crippen LogP contribution in [0.4, 0.5) is 0 Å². The van der Waals surface area contributed by atoms with Crippen molar-refractivity contribution in [1.29, 1.82) is 0 Å². The lowest BCUT2D eigenvalue weighted by Crippen LogP contribution is -1.93. The van der Waals surface area contributed by atoms with Gasteiger partial charge >= 0.3 is 0 Å². The summed E-state index contributed by atoms with van der Waals surface area (Å²) in [5.41, 5.74) is 10.9. The molecular weight excluding hydrogens is 633 g/mol. The van der Waals surface area contributed by atoms with Crippen molar-refractivity contribution >= 4 is 87.0 Å². The Hall–Kier alpha value is -6.90. The summed E-state index contributed by atoms with van der Waals surface area (Å²) in [7, 11) is 0. The number of hydrogen-bond donors (Lipinski definition) is 0. The molecule has 240 valence electrons. The molecule has 2 nitrogen and oxygen atoms in total. The number of hydrogen-bond acceptors (Lipinski definition) is 2. The summed E-state index contributed by atoms with van der Waals surface area (Å²) in [4.78, 5) is 0. The Morgan fingerprint density at radius 3 is 1.56 bits per heavy atom. The quantitative estimate of drug-likeness (QED) is 0.139. The molecule has 0 unspecified atom stereocenters. The van der Waals surface area contributed by atoms with Gasteiger partial charge in [0, 0.05) is 16.2 Å². The maximum atomic E-state index is 6.76. The molecule has 0 aliphatic heterocycles. The fraction of sp³-hybridized carbons (Fsp3) is 0. The van der Waals surface area contributed by atoms with Gasteiger partial charge in [0.15, 0.2) is 0 Å². The van der Waals surface area contributed by atoms with Crippen molar-refractivity contribution in [2.24, 2.45) is 0 Å². The van der Waals surface area contributed by atoms with Crippen LogP contribution in [-0.4, -0.2) is 0 Å². The molecule has 0 N–H and O–H groups in total. The maximum absolute atomic E-state index is 6.76. The Morgan fingerprint density at radius 1 is 0.288 bits per heavy atom. The van der Waals surface area contributed by atoms with Crippen LogP contribution in [0, 0.1) is 0 Å². The second-order valence-electron chi connectivity index (χ2n) is 13.9. The van der Waals surface area contributed by atoms with Gasteiger partial charge in [0.25, 0.3) is 0 Å². The van der Waals surface area contributed by atoms with Crippen LogP contribution in [0.2, 0.25) is 0 Å². The van der Waals surface area contributed by atoms with Crippen molar-refractivity contribution < 1.29 is 8.83 Å². The third-order valence-electron chi connectivity index (χ3n) is 11.2. The van der Waals surface area contributed by atoms with E-state index in [0.29, 0.717) is 0 Å². The van der Waals surface area contributed by atoms with Gasteiger partial charge in [-0.25, -0.2) is 0 Å². The van der Waals surface area contributed by atoms with Crippen LogP contribution in [0.1, 0.15) is 0 Å². The molecule has 0 saturated heterocycles. The molecule has 2 aromatic heterocycles. The van der Waals surface area contributed by atoms with E-state index in [1.807, 2.05) is 12.1 Å². The first-order chi connectivity index (χ1) is 25.8. The molecule has 12 rings (SSSR count). The Labute approximate surface area is 298 Å². The third-order valence-corrected chi connectivity index (χ3v) is 11.2. The zero-order valence-electron chi connectivity index (χ0n) is 28.0. The summed E-state index contributed by atoms with van der Waals surface area (Å²) in [5, 5.41) is 14.1. The Kier molecular flexibility index (Phi) is 5.53. The van der Waals surface area contributed by atoms with Gasteiger partial charge in [-0.15, -0.1) is 0 Å². The molecule has 0 aliphatic carbocycles. The van der Waals surface area contributed by atoms with Crippen LogP contribution in [0.5, 0.6) is 0 Å². The van der Waals surface area contributed by atoms with Gasteiger partial charge in [-0.05, 0) is 101 Å². The number of furan rings is 2. The van der Waals surface area contributed by atoms with Gasteiger partial charge in [0.1, 0.15) is 22.3 Å². The molecule has 0 amide bonds. The molecule has 0 radical (unpaired) electrons. The summed E-state index contributed by atoms with van der Waals surface area (Å²) in [6.45, 7) is 0. The fourth-order valence-corrected chi connectivity index (χ4v) is 9.08. The lowest BCUT2D eigenvalue weighted by Gasteiger charge is -2.20. The lowest BCUT2D eigenvalue weighted by atomic mass is 9.82. The molecule has 0 fully saturated rings. The van der Waals surface area contributed by atoms with Crippen molar-refractivity contribution in [2.75, 3.05) is 0 Å². The monoisotopic (exact) mass is 660 g/mol. The smallest absolute Gasteiger partial charge is 0.147 e. The lowest BCUT2D eigenvalue weighted by molar-refractivity contribution is 0.663. The minimum absolute atomic E-state index is 0.840. The van der Waals surface area contributed by atoms with E-state index in [1.54, 1.807) is 0 Å². The first-order valence-electron chi connectivity index (χ1n) is 17.8. The van der Waals surface area contributed by atoms with Crippen molar-refractivity contribution in [2.45, 2.75) is 0 Å². The van der Waals surface area contributed by atoms with Crippen molar-refractivity contribution in [3.63, 3.8) is 0 Å². The van der Waals surface area contributed by atoms with E-state index in [4.69, 9.17) is 8.83 Å². The molecule has 0 bridgehead atoms. The van der Waals surface area contributed by atoms with Crippen LogP contribution in [-0.2, 0) is 0 Å². The topological polar surface area (TPSA) is 26.3 Å². The number of benzene rings is 10. The van der Waals surface area contributed by atoms with E-state index in [2.05, 4.69) is 158 Å². The summed E-state index contributed by atoms with van der Waals surface area (Å²) < 4.78 is 13.3. The molecule has 2 heteroatoms. The van der Waals surface area contributed by atoms with Gasteiger partial charge < -0.3 is 8.83 Å². The standard InChI is InChI=1S/C50H28O2/c1-2-13-29(14-3-1)31-25-26-38(33-17-5-4-16-32(31)33)46-34-18-6-8-20-36(34)47(37-21-9-7-19-35(37)46)40-27-30-15-12-24-43-45(30)49-41(40)28-44-48(50(49)52-43)39-22-10-11-23-42(39)51-44/h1-28H. The second kappa shape index (κ2) is 10.3. The van der Waals surface area contributed by atoms with E-state index in [-0.39, 0.29) is 0 Å². The number of fused-ring (bicyclic) bond motifs is 7. The van der Waals surface area contributed by atoms with Gasteiger partial charge in [0.2, 0.25) is 0 Å². The minimum Gasteiger partial charge on any atom is -0.456 e. The summed E-state index contributed by atoms with van der Waals surface area (Å²) in [6.07, 6.45) is 0. The second-order valence-corrected chi connectivity index (χ2v) is 13.9. The highest BCUT2D eigenvalue weighted by Crippen LogP contribution is 2.51. The van der Waals surface area contributed by atoms with Gasteiger partial charge in [0.05, 0.1) is 5.39 Å². The molecule has 10 aromatic carbocycles. The zero-order chi connectivity index (χ0) is 33.9. The minimum atomic E-state index is 0.840. The maximum Gasteiger partial charge on any atom is 0.147 e. The zero-order valence-corrected chi connectivity index (χ0v) is 28.0. The third kappa shape index (κ3) is 3.68. The summed E-state index contributed by atoms with van der Waals surface area (Å²) >= 11 is 0. The first-order valence-corrected chi connectivity index (χ1v) is 17.8. The van der Waals surface area contributed by atoms with Gasteiger partial charge in [-0.3, -0.25) is 0 Å². The molecule has 0 saturated carbocycles. The molecule has 12 aromatic rings. The van der Waals surface area contributed by atoms with Crippen molar-refractivity contribution in [3.8, 4) is 33.4 Å². The molecule has 0 atom stereocenters. The molecule has 2 heterocycles. The normalized spacial score (nSPS) is 12.2. The van der Waals surface area contributed by atoms with E-state index >= 15 is 0 Å². The summed E-state index contributed by atoms with van der Waals surface area (Å²) in [5.74, 6) is 0. The van der Waals surface area contributed by atoms with Gasteiger partial charge in [-0.2, -0.15) is 0 Å². The highest BCUT2D eigenvalue weighted by Gasteiger charge is 2.25. The highest BCUT2D eigenvalue weighted by atomic mass is 16.3. The van der Waals surface area contributed by atoms with Crippen LogP contribution in [0.25, 0.3) is 120 Å². The Morgan fingerprint density at radius 2 is 0.846 bits per heavy atom. The predicted molar refractivity (Wildman–Crippen MR) is 219 cm³/mol. The first kappa shape index (κ1) is 27.9. The van der Waals surface area contributed by atoms with E-state index in [9.17, 15) is 0 Å². The Bertz CT molecular complexity index is 3340. The molecule has 52 heavy (non-hydrogen) atoms. The average Bonchev–Trinajstić information content (AvgIpc) is 3.78. The summed E-state index contributed by atoms with van der Waals surface area (Å²) in [6, 6.07) is 61.4. The van der Waals surface area contributed by atoms with Crippen LogP contribution in [0.3, 0.4) is 0 Å². The largest absolute Gasteiger partial charge is 0.456 e. The Balaban J connectivity index is 1.23. The number of rotatable bonds is 3. The van der Waals surface area contributed by atoms with Crippen LogP contribution in [0.15, 0.2) is 179 Å². The molecule has 0 aliphatic rings. The van der Waals surface area contributed by atoms with E-state index in [1.165, 1.54) is 76.5 Å². The van der Waals surface area contributed by atoms with E-state index in [0.717, 1.165) is 43.9 Å². The molecule has 0 spiro atoms. The van der Waals surface area contributed by atoms with Crippen molar-refractivity contribution in [1.82, 2.24) is 0 Å². The van der Waals surface area contributed by atoms with Crippen LogP contribution >= 0.6 is 0 Å². The highest BCUT2D eigenvalue weighted by molar-refractivity contribution is 6.35.